The van der Waals surface area contributed by atoms with Gasteiger partial charge in [-0.15, -0.1) is 0 Å². The van der Waals surface area contributed by atoms with Gasteiger partial charge in [-0.2, -0.15) is 0 Å². The van der Waals surface area contributed by atoms with Gasteiger partial charge in [0.1, 0.15) is 5.82 Å². The van der Waals surface area contributed by atoms with E-state index in [1.54, 1.807) is 6.20 Å². The van der Waals surface area contributed by atoms with E-state index in [0.29, 0.717) is 19.3 Å². The molecule has 3 heterocycles. The second-order valence-corrected chi connectivity index (χ2v) is 7.20. The monoisotopic (exact) mass is 356 g/mol. The molecule has 3 atom stereocenters. The van der Waals surface area contributed by atoms with Gasteiger partial charge in [-0.25, -0.2) is 4.39 Å². The maximum Gasteiger partial charge on any atom is 0.123 e. The largest absolute Gasteiger partial charge is 0.374 e. The Balaban J connectivity index is 1.24. The second-order valence-electron chi connectivity index (χ2n) is 7.20. The molecule has 2 fully saturated rings. The number of hydrogen-bond acceptors (Lipinski definition) is 4. The first kappa shape index (κ1) is 17.6. The van der Waals surface area contributed by atoms with Crippen LogP contribution in [0.25, 0.3) is 0 Å². The van der Waals surface area contributed by atoms with Gasteiger partial charge in [-0.3, -0.25) is 9.88 Å². The van der Waals surface area contributed by atoms with Crippen LogP contribution in [0.2, 0.25) is 0 Å². The van der Waals surface area contributed by atoms with Crippen molar-refractivity contribution < 1.29 is 13.9 Å². The molecule has 0 aliphatic carbocycles. The number of ether oxygens (including phenoxy) is 2. The fraction of sp³-hybridized carbons (Fsp3) is 0.476. The zero-order valence-electron chi connectivity index (χ0n) is 14.9. The summed E-state index contributed by atoms with van der Waals surface area (Å²) in [4.78, 5) is 6.58. The molecule has 2 aromatic rings. The van der Waals surface area contributed by atoms with Gasteiger partial charge in [0.15, 0.2) is 0 Å². The van der Waals surface area contributed by atoms with Gasteiger partial charge in [0.2, 0.25) is 0 Å². The summed E-state index contributed by atoms with van der Waals surface area (Å²) in [6.45, 7) is 3.12. The average molecular weight is 356 g/mol. The van der Waals surface area contributed by atoms with E-state index in [0.717, 1.165) is 43.5 Å². The maximum absolute atomic E-state index is 13.1. The van der Waals surface area contributed by atoms with Crippen molar-refractivity contribution in [3.05, 3.63) is 65.7 Å². The third-order valence-corrected chi connectivity index (χ3v) is 5.34. The lowest BCUT2D eigenvalue weighted by molar-refractivity contribution is -0.102. The van der Waals surface area contributed by atoms with Crippen LogP contribution in [0, 0.1) is 5.82 Å². The molecule has 0 N–H and O–H groups in total. The summed E-state index contributed by atoms with van der Waals surface area (Å²) >= 11 is 0. The number of aromatic nitrogens is 1. The highest BCUT2D eigenvalue weighted by Crippen LogP contribution is 2.32. The van der Waals surface area contributed by atoms with Crippen molar-refractivity contribution >= 4 is 0 Å². The number of halogens is 1. The summed E-state index contributed by atoms with van der Waals surface area (Å²) in [7, 11) is 0. The van der Waals surface area contributed by atoms with E-state index in [1.165, 1.54) is 12.1 Å². The number of nitrogens with zero attached hydrogens (tertiary/aromatic N) is 2. The van der Waals surface area contributed by atoms with E-state index in [2.05, 4.69) is 9.88 Å². The fourth-order valence-electron chi connectivity index (χ4n) is 4.02. The van der Waals surface area contributed by atoms with Crippen molar-refractivity contribution in [3.8, 4) is 0 Å². The molecule has 0 radical (unpaired) electrons. The smallest absolute Gasteiger partial charge is 0.123 e. The van der Waals surface area contributed by atoms with Crippen LogP contribution in [-0.4, -0.2) is 41.3 Å². The maximum atomic E-state index is 13.1. The highest BCUT2D eigenvalue weighted by atomic mass is 19.1. The van der Waals surface area contributed by atoms with E-state index in [4.69, 9.17) is 9.47 Å². The molecule has 0 bridgehead atoms. The van der Waals surface area contributed by atoms with Crippen LogP contribution in [0.1, 0.15) is 30.4 Å². The third-order valence-electron chi connectivity index (χ3n) is 5.34. The molecule has 4 rings (SSSR count). The molecule has 5 heteroatoms. The first-order valence-corrected chi connectivity index (χ1v) is 9.38. The minimum absolute atomic E-state index is 0.178. The van der Waals surface area contributed by atoms with Gasteiger partial charge >= 0.3 is 0 Å². The Hall–Kier alpha value is -1.82. The Morgan fingerprint density at radius 2 is 2.00 bits per heavy atom. The van der Waals surface area contributed by atoms with E-state index < -0.39 is 0 Å². The Kier molecular flexibility index (Phi) is 5.58. The molecular formula is C21H25FN2O2. The molecule has 1 aromatic carbocycles. The molecule has 1 aromatic heterocycles. The van der Waals surface area contributed by atoms with Crippen LogP contribution in [0.3, 0.4) is 0 Å². The summed E-state index contributed by atoms with van der Waals surface area (Å²) in [5, 5.41) is 0. The molecule has 0 amide bonds. The average Bonchev–Trinajstić information content (AvgIpc) is 3.07. The normalized spacial score (nSPS) is 26.0. The molecule has 4 nitrogen and oxygen atoms in total. The van der Waals surface area contributed by atoms with Crippen molar-refractivity contribution in [2.24, 2.45) is 0 Å². The first-order valence-electron chi connectivity index (χ1n) is 9.38. The van der Waals surface area contributed by atoms with Crippen molar-refractivity contribution in [2.75, 3.05) is 13.2 Å². The van der Waals surface area contributed by atoms with E-state index >= 15 is 0 Å². The highest BCUT2D eigenvalue weighted by Gasteiger charge is 2.39. The van der Waals surface area contributed by atoms with Gasteiger partial charge in [-0.1, -0.05) is 18.2 Å². The number of benzene rings is 1. The first-order chi connectivity index (χ1) is 12.8. The zero-order valence-corrected chi connectivity index (χ0v) is 14.9. The van der Waals surface area contributed by atoms with Gasteiger partial charge in [0, 0.05) is 31.5 Å². The predicted octanol–water partition coefficient (Wildman–Crippen LogP) is 3.56. The minimum atomic E-state index is -0.178. The lowest BCUT2D eigenvalue weighted by atomic mass is 9.99. The zero-order chi connectivity index (χ0) is 17.8. The van der Waals surface area contributed by atoms with Crippen molar-refractivity contribution in [3.63, 3.8) is 0 Å². The number of hydrogen-bond donors (Lipinski definition) is 0. The summed E-state index contributed by atoms with van der Waals surface area (Å²) in [6.07, 6.45) is 7.29. The number of fused-ring (bicyclic) bond motifs is 1. The topological polar surface area (TPSA) is 34.6 Å². The summed E-state index contributed by atoms with van der Waals surface area (Å²) in [5.41, 5.74) is 2.25. The summed E-state index contributed by atoms with van der Waals surface area (Å²) in [6, 6.07) is 11.2. The SMILES string of the molecule is Fc1ccc(CN2CC[C@H]3O[C@@H](COCc4cccnc4)CC[C@H]32)cc1. The predicted molar refractivity (Wildman–Crippen MR) is 97.0 cm³/mol. The van der Waals surface area contributed by atoms with Gasteiger partial charge in [0.05, 0.1) is 25.4 Å². The van der Waals surface area contributed by atoms with Crippen LogP contribution in [0.4, 0.5) is 4.39 Å². The lowest BCUT2D eigenvalue weighted by Gasteiger charge is -2.36. The minimum Gasteiger partial charge on any atom is -0.374 e. The van der Waals surface area contributed by atoms with Crippen molar-refractivity contribution in [1.29, 1.82) is 0 Å². The number of rotatable bonds is 6. The van der Waals surface area contributed by atoms with Crippen LogP contribution in [-0.2, 0) is 22.6 Å². The quantitative estimate of drug-likeness (QED) is 0.793. The van der Waals surface area contributed by atoms with E-state index in [9.17, 15) is 4.39 Å². The van der Waals surface area contributed by atoms with Crippen molar-refractivity contribution in [2.45, 2.75) is 50.7 Å². The van der Waals surface area contributed by atoms with Crippen LogP contribution >= 0.6 is 0 Å². The van der Waals surface area contributed by atoms with E-state index in [1.807, 2.05) is 30.5 Å². The Morgan fingerprint density at radius 3 is 2.81 bits per heavy atom. The molecule has 0 spiro atoms. The second kappa shape index (κ2) is 8.25. The molecule has 0 unspecified atom stereocenters. The van der Waals surface area contributed by atoms with E-state index in [-0.39, 0.29) is 18.0 Å². The van der Waals surface area contributed by atoms with Crippen LogP contribution in [0.5, 0.6) is 0 Å². The van der Waals surface area contributed by atoms with Gasteiger partial charge < -0.3 is 9.47 Å². The molecule has 2 aliphatic heterocycles. The lowest BCUT2D eigenvalue weighted by Crippen LogP contribution is -2.43. The summed E-state index contributed by atoms with van der Waals surface area (Å²) in [5.74, 6) is -0.178. The molecule has 138 valence electrons. The van der Waals surface area contributed by atoms with Crippen LogP contribution < -0.4 is 0 Å². The Bertz CT molecular complexity index is 695. The fourth-order valence-corrected chi connectivity index (χ4v) is 4.02. The Labute approximate surface area is 153 Å². The standard InChI is InChI=1S/C21H25FN2O2/c22-18-5-3-16(4-6-18)13-24-11-9-21-20(24)8-7-19(26-21)15-25-14-17-2-1-10-23-12-17/h1-6,10,12,19-21H,7-9,11,13-15H2/t19-,20-,21-/m1/s1. The van der Waals surface area contributed by atoms with Crippen molar-refractivity contribution in [1.82, 2.24) is 9.88 Å². The molecule has 2 aliphatic rings. The van der Waals surface area contributed by atoms with Crippen LogP contribution in [0.15, 0.2) is 48.8 Å². The highest BCUT2D eigenvalue weighted by molar-refractivity contribution is 5.16. The number of likely N-dealkylation sites (tertiary alicyclic amines) is 1. The molecular weight excluding hydrogens is 331 g/mol. The number of pyridine rings is 1. The Morgan fingerprint density at radius 1 is 1.12 bits per heavy atom. The third kappa shape index (κ3) is 4.29. The molecule has 26 heavy (non-hydrogen) atoms. The summed E-state index contributed by atoms with van der Waals surface area (Å²) < 4.78 is 25.2. The van der Waals surface area contributed by atoms with Gasteiger partial charge in [0.25, 0.3) is 0 Å². The molecule has 0 saturated carbocycles. The molecule has 2 saturated heterocycles. The van der Waals surface area contributed by atoms with Gasteiger partial charge in [-0.05, 0) is 48.6 Å².